The third-order valence-electron chi connectivity index (χ3n) is 5.42. The first-order valence-corrected chi connectivity index (χ1v) is 9.61. The van der Waals surface area contributed by atoms with Crippen LogP contribution in [0, 0.1) is 12.8 Å². The Bertz CT molecular complexity index is 775. The highest BCUT2D eigenvalue weighted by Crippen LogP contribution is 2.52. The normalized spacial score (nSPS) is 25.6. The Balaban J connectivity index is 1.61. The maximum absolute atomic E-state index is 11.7. The molecule has 2 aliphatic carbocycles. The highest BCUT2D eigenvalue weighted by molar-refractivity contribution is 7.99. The number of benzene rings is 2. The molecule has 2 aromatic carbocycles. The van der Waals surface area contributed by atoms with Gasteiger partial charge in [0, 0.05) is 22.5 Å². The zero-order valence-electron chi connectivity index (χ0n) is 14.0. The molecule has 0 heterocycles. The number of ketones is 1. The Morgan fingerprint density at radius 2 is 1.83 bits per heavy atom. The molecule has 0 amide bonds. The first-order valence-electron chi connectivity index (χ1n) is 8.63. The molecule has 0 radical (unpaired) electrons. The lowest BCUT2D eigenvalue weighted by molar-refractivity contribution is -0.114. The molecule has 4 rings (SSSR count). The Hall–Kier alpha value is -1.80. The van der Waals surface area contributed by atoms with Crippen LogP contribution in [0.4, 0.5) is 0 Å². The van der Waals surface area contributed by atoms with Crippen LogP contribution in [0.25, 0.3) is 0 Å². The first kappa shape index (κ1) is 15.7. The molecule has 2 unspecified atom stereocenters. The van der Waals surface area contributed by atoms with Crippen molar-refractivity contribution in [1.29, 1.82) is 0 Å². The van der Waals surface area contributed by atoms with Gasteiger partial charge >= 0.3 is 0 Å². The van der Waals surface area contributed by atoms with Gasteiger partial charge in [-0.05, 0) is 49.5 Å². The molecule has 2 aromatic rings. The van der Waals surface area contributed by atoms with Crippen LogP contribution in [0.2, 0.25) is 0 Å². The summed E-state index contributed by atoms with van der Waals surface area (Å²) >= 11 is 1.95. The Labute approximate surface area is 148 Å². The maximum Gasteiger partial charge on any atom is 0.156 e. The van der Waals surface area contributed by atoms with Gasteiger partial charge in [-0.3, -0.25) is 4.79 Å². The number of hydrogen-bond acceptors (Lipinski definition) is 2. The van der Waals surface area contributed by atoms with Crippen LogP contribution in [0.5, 0.6) is 0 Å². The third-order valence-corrected chi connectivity index (χ3v) is 6.72. The van der Waals surface area contributed by atoms with E-state index in [0.29, 0.717) is 11.7 Å². The first-order chi connectivity index (χ1) is 11.6. The molecule has 2 aliphatic rings. The molecule has 1 fully saturated rings. The molecule has 0 aromatic heterocycles. The lowest BCUT2D eigenvalue weighted by atomic mass is 9.79. The second kappa shape index (κ2) is 6.25. The van der Waals surface area contributed by atoms with Crippen molar-refractivity contribution in [2.45, 2.75) is 36.5 Å². The van der Waals surface area contributed by atoms with Crippen molar-refractivity contribution in [3.63, 3.8) is 0 Å². The molecule has 0 spiro atoms. The van der Waals surface area contributed by atoms with Crippen LogP contribution in [-0.2, 0) is 10.2 Å². The fourth-order valence-electron chi connectivity index (χ4n) is 4.15. The van der Waals surface area contributed by atoms with Crippen molar-refractivity contribution in [1.82, 2.24) is 0 Å². The number of allylic oxidation sites excluding steroid dienone is 2. The van der Waals surface area contributed by atoms with E-state index in [0.717, 1.165) is 25.0 Å². The molecular weight excluding hydrogens is 312 g/mol. The fourth-order valence-corrected chi connectivity index (χ4v) is 5.31. The van der Waals surface area contributed by atoms with Gasteiger partial charge in [-0.2, -0.15) is 0 Å². The number of carbonyl (C=O) groups is 1. The van der Waals surface area contributed by atoms with Crippen LogP contribution < -0.4 is 0 Å². The summed E-state index contributed by atoms with van der Waals surface area (Å²) in [6.45, 7) is 2.13. The molecule has 0 saturated heterocycles. The van der Waals surface area contributed by atoms with E-state index in [4.69, 9.17) is 0 Å². The SMILES string of the molecule is Cc1ccc(SCC2(c3ccccc3)CC3=CC(=O)CC3C2)cc1. The average Bonchev–Trinajstić information content (AvgIpc) is 3.10. The van der Waals surface area contributed by atoms with Crippen molar-refractivity contribution in [2.24, 2.45) is 5.92 Å². The van der Waals surface area contributed by atoms with Crippen molar-refractivity contribution in [3.05, 3.63) is 77.4 Å². The van der Waals surface area contributed by atoms with Crippen molar-refractivity contribution < 1.29 is 4.79 Å². The third kappa shape index (κ3) is 2.95. The summed E-state index contributed by atoms with van der Waals surface area (Å²) in [5.74, 6) is 1.86. The van der Waals surface area contributed by atoms with Crippen LogP contribution in [0.15, 0.2) is 71.1 Å². The molecule has 1 saturated carbocycles. The molecule has 0 N–H and O–H groups in total. The number of thioether (sulfide) groups is 1. The Morgan fingerprint density at radius 1 is 1.08 bits per heavy atom. The zero-order valence-corrected chi connectivity index (χ0v) is 14.8. The minimum atomic E-state index is 0.161. The predicted octanol–water partition coefficient (Wildman–Crippen LogP) is 5.33. The van der Waals surface area contributed by atoms with E-state index in [1.807, 2.05) is 17.8 Å². The smallest absolute Gasteiger partial charge is 0.156 e. The highest BCUT2D eigenvalue weighted by Gasteiger charge is 2.45. The molecule has 122 valence electrons. The molecule has 0 bridgehead atoms. The van der Waals surface area contributed by atoms with Crippen molar-refractivity contribution in [2.75, 3.05) is 5.75 Å². The number of carbonyl (C=O) groups excluding carboxylic acids is 1. The van der Waals surface area contributed by atoms with Crippen molar-refractivity contribution in [3.8, 4) is 0 Å². The second-order valence-corrected chi connectivity index (χ2v) is 8.26. The molecule has 24 heavy (non-hydrogen) atoms. The van der Waals surface area contributed by atoms with Crippen LogP contribution >= 0.6 is 11.8 Å². The predicted molar refractivity (Wildman–Crippen MR) is 100 cm³/mol. The fraction of sp³-hybridized carbons (Fsp3) is 0.318. The van der Waals surface area contributed by atoms with Gasteiger partial charge in [0.2, 0.25) is 0 Å². The summed E-state index contributed by atoms with van der Waals surface area (Å²) in [4.78, 5) is 13.1. The molecule has 1 nitrogen and oxygen atoms in total. The average molecular weight is 334 g/mol. The summed E-state index contributed by atoms with van der Waals surface area (Å²) in [7, 11) is 0. The summed E-state index contributed by atoms with van der Waals surface area (Å²) in [5, 5.41) is 0. The van der Waals surface area contributed by atoms with Crippen LogP contribution in [0.1, 0.15) is 30.4 Å². The second-order valence-electron chi connectivity index (χ2n) is 7.22. The largest absolute Gasteiger partial charge is 0.295 e. The molecule has 2 heteroatoms. The monoisotopic (exact) mass is 334 g/mol. The summed E-state index contributed by atoms with van der Waals surface area (Å²) in [6.07, 6.45) is 4.78. The Kier molecular flexibility index (Phi) is 4.09. The van der Waals surface area contributed by atoms with E-state index in [1.54, 1.807) is 0 Å². The van der Waals surface area contributed by atoms with E-state index in [1.165, 1.54) is 21.6 Å². The summed E-state index contributed by atoms with van der Waals surface area (Å²) < 4.78 is 0. The quantitative estimate of drug-likeness (QED) is 0.703. The van der Waals surface area contributed by atoms with E-state index >= 15 is 0 Å². The van der Waals surface area contributed by atoms with Crippen LogP contribution in [-0.4, -0.2) is 11.5 Å². The highest BCUT2D eigenvalue weighted by atomic mass is 32.2. The van der Waals surface area contributed by atoms with E-state index < -0.39 is 0 Å². The minimum Gasteiger partial charge on any atom is -0.295 e. The van der Waals surface area contributed by atoms with Crippen LogP contribution in [0.3, 0.4) is 0 Å². The maximum atomic E-state index is 11.7. The van der Waals surface area contributed by atoms with Gasteiger partial charge < -0.3 is 0 Å². The summed E-state index contributed by atoms with van der Waals surface area (Å²) in [6, 6.07) is 19.7. The van der Waals surface area contributed by atoms with E-state index in [2.05, 4.69) is 61.5 Å². The van der Waals surface area contributed by atoms with Gasteiger partial charge in [-0.1, -0.05) is 53.6 Å². The van der Waals surface area contributed by atoms with Crippen molar-refractivity contribution >= 4 is 17.5 Å². The van der Waals surface area contributed by atoms with Gasteiger partial charge in [-0.15, -0.1) is 11.8 Å². The molecule has 0 aliphatic heterocycles. The summed E-state index contributed by atoms with van der Waals surface area (Å²) in [5.41, 5.74) is 4.27. The van der Waals surface area contributed by atoms with Gasteiger partial charge in [0.1, 0.15) is 0 Å². The molecule has 2 atom stereocenters. The molecular formula is C22H22OS. The van der Waals surface area contributed by atoms with E-state index in [9.17, 15) is 4.79 Å². The minimum absolute atomic E-state index is 0.161. The van der Waals surface area contributed by atoms with Gasteiger partial charge in [0.05, 0.1) is 0 Å². The Morgan fingerprint density at radius 3 is 2.54 bits per heavy atom. The van der Waals surface area contributed by atoms with Gasteiger partial charge in [0.25, 0.3) is 0 Å². The lowest BCUT2D eigenvalue weighted by Gasteiger charge is -2.30. The van der Waals surface area contributed by atoms with Gasteiger partial charge in [0.15, 0.2) is 5.78 Å². The lowest BCUT2D eigenvalue weighted by Crippen LogP contribution is -2.26. The van der Waals surface area contributed by atoms with E-state index in [-0.39, 0.29) is 5.41 Å². The number of aryl methyl sites for hydroxylation is 1. The number of rotatable bonds is 4. The topological polar surface area (TPSA) is 17.1 Å². The number of hydrogen-bond donors (Lipinski definition) is 0. The van der Waals surface area contributed by atoms with Gasteiger partial charge in [-0.25, -0.2) is 0 Å². The standard InChI is InChI=1S/C22H22OS/c1-16-7-9-21(10-8-16)24-15-22(19-5-3-2-4-6-19)13-17-11-20(23)12-18(17)14-22/h2-11,18H,12-15H2,1H3. The number of fused-ring (bicyclic) bond motifs is 1. The zero-order chi connectivity index (χ0) is 16.6.